The van der Waals surface area contributed by atoms with Crippen LogP contribution in [0.2, 0.25) is 0 Å². The Morgan fingerprint density at radius 1 is 0.757 bits per heavy atom. The largest absolute Gasteiger partial charge is 0.508 e. The number of benzene rings is 1. The maximum atomic E-state index is 12.8. The van der Waals surface area contributed by atoms with E-state index in [1.807, 2.05) is 0 Å². The van der Waals surface area contributed by atoms with E-state index < -0.39 is 72.6 Å². The molecule has 0 saturated carbocycles. The summed E-state index contributed by atoms with van der Waals surface area (Å²) in [5, 5.41) is 43.4. The molecule has 15 heteroatoms. The number of nitrogens with two attached hydrogens (primary N) is 1. The van der Waals surface area contributed by atoms with E-state index in [2.05, 4.69) is 28.6 Å². The normalized spacial score (nSPS) is 13.9. The fourth-order valence-electron chi connectivity index (χ4n) is 3.03. The summed E-state index contributed by atoms with van der Waals surface area (Å²) in [6.45, 7) is 0. The molecule has 9 N–H and O–H groups in total. The Labute approximate surface area is 217 Å². The van der Waals surface area contributed by atoms with Gasteiger partial charge in [0.1, 0.15) is 23.9 Å². The van der Waals surface area contributed by atoms with Crippen LogP contribution in [0.3, 0.4) is 0 Å². The van der Waals surface area contributed by atoms with Crippen molar-refractivity contribution in [3.8, 4) is 5.75 Å². The summed E-state index contributed by atoms with van der Waals surface area (Å²) < 4.78 is 0. The molecule has 0 saturated heterocycles. The molecule has 3 amide bonds. The first kappa shape index (κ1) is 31.2. The average Bonchev–Trinajstić information content (AvgIpc) is 2.83. The van der Waals surface area contributed by atoms with E-state index in [0.29, 0.717) is 5.56 Å². The molecule has 204 valence electrons. The summed E-state index contributed by atoms with van der Waals surface area (Å²) >= 11 is 4.01. The minimum atomic E-state index is -1.43. The number of carbonyl (C=O) groups is 6. The number of carbonyl (C=O) groups excluding carboxylic acids is 3. The SMILES string of the molecule is NC(CCC(=O)O)C(=O)NC(CCC(=O)O)C(=O)NC(CS)C(=O)NC(Cc1ccc(O)cc1)C(=O)O. The van der Waals surface area contributed by atoms with Crippen LogP contribution in [0.4, 0.5) is 0 Å². The first-order valence-corrected chi connectivity index (χ1v) is 11.7. The second kappa shape index (κ2) is 15.3. The molecule has 0 aliphatic heterocycles. The highest BCUT2D eigenvalue weighted by Crippen LogP contribution is 2.12. The van der Waals surface area contributed by atoms with Crippen molar-refractivity contribution in [2.75, 3.05) is 5.75 Å². The predicted molar refractivity (Wildman–Crippen MR) is 131 cm³/mol. The van der Waals surface area contributed by atoms with Crippen LogP contribution in [0.1, 0.15) is 31.2 Å². The standard InChI is InChI=1S/C22H30N4O10S/c23-13(5-7-17(28)29)19(32)24-14(6-8-18(30)31)20(33)26-16(10-37)21(34)25-15(22(35)36)9-11-1-3-12(27)4-2-11/h1-4,13-16,27,37H,5-10,23H2,(H,24,32)(H,25,34)(H,26,33)(H,28,29)(H,30,31)(H,35,36). The smallest absolute Gasteiger partial charge is 0.326 e. The quantitative estimate of drug-likeness (QED) is 0.108. The molecule has 0 radical (unpaired) electrons. The van der Waals surface area contributed by atoms with Gasteiger partial charge in [0, 0.05) is 25.0 Å². The number of amides is 3. The molecule has 4 atom stereocenters. The van der Waals surface area contributed by atoms with Crippen LogP contribution in [-0.2, 0) is 35.2 Å². The van der Waals surface area contributed by atoms with Gasteiger partial charge in [-0.1, -0.05) is 12.1 Å². The molecular formula is C22H30N4O10S. The number of thiol groups is 1. The maximum absolute atomic E-state index is 12.8. The summed E-state index contributed by atoms with van der Waals surface area (Å²) in [6, 6.07) is 0.225. The van der Waals surface area contributed by atoms with E-state index in [4.69, 9.17) is 15.9 Å². The summed E-state index contributed by atoms with van der Waals surface area (Å²) in [4.78, 5) is 71.1. The minimum Gasteiger partial charge on any atom is -0.508 e. The van der Waals surface area contributed by atoms with Gasteiger partial charge in [-0.15, -0.1) is 0 Å². The summed E-state index contributed by atoms with van der Waals surface area (Å²) in [5.74, 6) is -6.81. The van der Waals surface area contributed by atoms with Crippen molar-refractivity contribution in [1.29, 1.82) is 0 Å². The summed E-state index contributed by atoms with van der Waals surface area (Å²) in [6.07, 6.45) is -1.64. The molecule has 37 heavy (non-hydrogen) atoms. The number of aromatic hydroxyl groups is 1. The lowest BCUT2D eigenvalue weighted by Crippen LogP contribution is -2.58. The van der Waals surface area contributed by atoms with Gasteiger partial charge in [0.2, 0.25) is 17.7 Å². The van der Waals surface area contributed by atoms with Crippen LogP contribution in [0.5, 0.6) is 5.75 Å². The van der Waals surface area contributed by atoms with Crippen LogP contribution < -0.4 is 21.7 Å². The maximum Gasteiger partial charge on any atom is 0.326 e. The number of hydrogen-bond donors (Lipinski definition) is 9. The number of phenols is 1. The van der Waals surface area contributed by atoms with Gasteiger partial charge in [0.15, 0.2) is 0 Å². The summed E-state index contributed by atoms with van der Waals surface area (Å²) in [7, 11) is 0. The Bertz CT molecular complexity index is 988. The van der Waals surface area contributed by atoms with Gasteiger partial charge >= 0.3 is 17.9 Å². The van der Waals surface area contributed by atoms with Crippen LogP contribution in [0, 0.1) is 0 Å². The number of carboxylic acid groups (broad SMARTS) is 3. The highest BCUT2D eigenvalue weighted by atomic mass is 32.1. The highest BCUT2D eigenvalue weighted by molar-refractivity contribution is 7.80. The van der Waals surface area contributed by atoms with Crippen molar-refractivity contribution in [1.82, 2.24) is 16.0 Å². The first-order chi connectivity index (χ1) is 17.3. The fourth-order valence-corrected chi connectivity index (χ4v) is 3.29. The van der Waals surface area contributed by atoms with E-state index in [1.54, 1.807) is 0 Å². The molecule has 1 aromatic rings. The molecule has 4 unspecified atom stereocenters. The Morgan fingerprint density at radius 2 is 1.24 bits per heavy atom. The van der Waals surface area contributed by atoms with E-state index in [0.717, 1.165) is 0 Å². The van der Waals surface area contributed by atoms with Gasteiger partial charge < -0.3 is 42.1 Å². The van der Waals surface area contributed by atoms with Crippen LogP contribution in [0.15, 0.2) is 24.3 Å². The lowest BCUT2D eigenvalue weighted by atomic mass is 10.1. The molecule has 0 aliphatic rings. The van der Waals surface area contributed by atoms with Gasteiger partial charge in [-0.2, -0.15) is 12.6 Å². The second-order valence-electron chi connectivity index (χ2n) is 8.05. The Morgan fingerprint density at radius 3 is 1.76 bits per heavy atom. The molecule has 0 fully saturated rings. The molecule has 0 aliphatic carbocycles. The zero-order chi connectivity index (χ0) is 28.1. The summed E-state index contributed by atoms with van der Waals surface area (Å²) in [5.41, 5.74) is 6.14. The molecule has 1 rings (SSSR count). The van der Waals surface area contributed by atoms with Crippen LogP contribution >= 0.6 is 12.6 Å². The monoisotopic (exact) mass is 542 g/mol. The second-order valence-corrected chi connectivity index (χ2v) is 8.41. The van der Waals surface area contributed by atoms with Crippen molar-refractivity contribution < 1.29 is 49.2 Å². The number of phenolic OH excluding ortho intramolecular Hbond substituents is 1. The number of nitrogens with one attached hydrogen (secondary N) is 3. The average molecular weight is 543 g/mol. The lowest BCUT2D eigenvalue weighted by Gasteiger charge is -2.24. The molecule has 14 nitrogen and oxygen atoms in total. The third kappa shape index (κ3) is 11.6. The highest BCUT2D eigenvalue weighted by Gasteiger charge is 2.30. The van der Waals surface area contributed by atoms with Gasteiger partial charge in [0.25, 0.3) is 0 Å². The number of rotatable bonds is 16. The number of carboxylic acids is 3. The molecule has 1 aromatic carbocycles. The van der Waals surface area contributed by atoms with E-state index in [1.165, 1.54) is 24.3 Å². The third-order valence-corrected chi connectivity index (χ3v) is 5.46. The topological polar surface area (TPSA) is 245 Å². The van der Waals surface area contributed by atoms with E-state index in [-0.39, 0.29) is 30.8 Å². The van der Waals surface area contributed by atoms with Gasteiger partial charge in [-0.3, -0.25) is 24.0 Å². The molecular weight excluding hydrogens is 512 g/mol. The van der Waals surface area contributed by atoms with Crippen molar-refractivity contribution in [2.24, 2.45) is 5.73 Å². The minimum absolute atomic E-state index is 0.0232. The van der Waals surface area contributed by atoms with Crippen LogP contribution in [0.25, 0.3) is 0 Å². The lowest BCUT2D eigenvalue weighted by molar-refractivity contribution is -0.142. The fraction of sp³-hybridized carbons (Fsp3) is 0.455. The Balaban J connectivity index is 2.89. The zero-order valence-electron chi connectivity index (χ0n) is 19.6. The van der Waals surface area contributed by atoms with Crippen LogP contribution in [-0.4, -0.2) is 86.0 Å². The van der Waals surface area contributed by atoms with Gasteiger partial charge in [0.05, 0.1) is 6.04 Å². The van der Waals surface area contributed by atoms with E-state index in [9.17, 15) is 39.0 Å². The Kier molecular flexibility index (Phi) is 12.9. The Hall–Kier alpha value is -3.85. The third-order valence-electron chi connectivity index (χ3n) is 5.09. The number of aliphatic carboxylic acids is 3. The van der Waals surface area contributed by atoms with E-state index >= 15 is 0 Å². The molecule has 0 aromatic heterocycles. The first-order valence-electron chi connectivity index (χ1n) is 11.1. The van der Waals surface area contributed by atoms with Crippen molar-refractivity contribution in [3.05, 3.63) is 29.8 Å². The van der Waals surface area contributed by atoms with Crippen molar-refractivity contribution in [2.45, 2.75) is 56.3 Å². The molecule has 0 bridgehead atoms. The van der Waals surface area contributed by atoms with Gasteiger partial charge in [-0.05, 0) is 30.5 Å². The van der Waals surface area contributed by atoms with Crippen molar-refractivity contribution in [3.63, 3.8) is 0 Å². The van der Waals surface area contributed by atoms with Gasteiger partial charge in [-0.25, -0.2) is 4.79 Å². The number of hydrogen-bond acceptors (Lipinski definition) is 9. The van der Waals surface area contributed by atoms with Crippen molar-refractivity contribution >= 4 is 48.3 Å². The molecule has 0 heterocycles. The predicted octanol–water partition coefficient (Wildman–Crippen LogP) is -1.54. The molecule has 0 spiro atoms. The zero-order valence-corrected chi connectivity index (χ0v) is 20.5.